The Morgan fingerprint density at radius 1 is 1.00 bits per heavy atom. The Balaban J connectivity index is 1.30. The molecule has 0 bridgehead atoms. The van der Waals surface area contributed by atoms with Crippen LogP contribution in [0.2, 0.25) is 0 Å². The van der Waals surface area contributed by atoms with Crippen molar-refractivity contribution in [1.82, 2.24) is 0 Å². The quantitative estimate of drug-likeness (QED) is 0.311. The topological polar surface area (TPSA) is 0 Å². The first-order valence-corrected chi connectivity index (χ1v) is 13.7. The van der Waals surface area contributed by atoms with Crippen LogP contribution in [0, 0.1) is 52.3 Å². The summed E-state index contributed by atoms with van der Waals surface area (Å²) >= 11 is 0. The third kappa shape index (κ3) is 3.04. The fraction of sp³-hybridized carbons (Fsp3) is 0.931. The molecule has 4 saturated carbocycles. The Kier molecular flexibility index (Phi) is 5.48. The minimum absolute atomic E-state index is 0.566. The molecule has 0 N–H and O–H groups in total. The summed E-state index contributed by atoms with van der Waals surface area (Å²) in [5.41, 5.74) is 3.29. The molecule has 0 aliphatic heterocycles. The lowest BCUT2D eigenvalue weighted by Gasteiger charge is -2.64. The Hall–Kier alpha value is -0.260. The number of unbranched alkanes of at least 4 members (excludes halogenated alkanes) is 2. The van der Waals surface area contributed by atoms with Gasteiger partial charge in [-0.05, 0) is 110 Å². The van der Waals surface area contributed by atoms with Crippen molar-refractivity contribution >= 4 is 0 Å². The number of fused-ring (bicyclic) bond motifs is 4. The van der Waals surface area contributed by atoms with Crippen molar-refractivity contribution in [2.24, 2.45) is 52.3 Å². The van der Waals surface area contributed by atoms with E-state index in [1.807, 2.05) is 5.57 Å². The summed E-state index contributed by atoms with van der Waals surface area (Å²) in [6, 6.07) is 0. The maximum Gasteiger partial charge on any atom is -0.00851 e. The second-order valence-corrected chi connectivity index (χ2v) is 12.6. The lowest BCUT2D eigenvalue weighted by atomic mass is 9.41. The van der Waals surface area contributed by atoms with Crippen molar-refractivity contribution in [3.05, 3.63) is 11.6 Å². The molecule has 5 rings (SSSR count). The van der Waals surface area contributed by atoms with Crippen molar-refractivity contribution in [3.8, 4) is 0 Å². The predicted molar refractivity (Wildman–Crippen MR) is 125 cm³/mol. The summed E-state index contributed by atoms with van der Waals surface area (Å²) in [4.78, 5) is 0. The molecule has 0 saturated heterocycles. The third-order valence-corrected chi connectivity index (χ3v) is 11.8. The molecule has 0 aromatic heterocycles. The smallest absolute Gasteiger partial charge is 0.00851 e. The van der Waals surface area contributed by atoms with E-state index in [0.717, 1.165) is 46.8 Å². The molecule has 0 amide bonds. The molecule has 0 nitrogen and oxygen atoms in total. The van der Waals surface area contributed by atoms with Crippen molar-refractivity contribution in [2.45, 2.75) is 118 Å². The van der Waals surface area contributed by atoms with Crippen LogP contribution < -0.4 is 0 Å². The molecular weight excluding hydrogens is 348 g/mol. The van der Waals surface area contributed by atoms with E-state index < -0.39 is 0 Å². The molecule has 5 aliphatic rings. The van der Waals surface area contributed by atoms with E-state index in [1.54, 1.807) is 38.5 Å². The summed E-state index contributed by atoms with van der Waals surface area (Å²) in [5, 5.41) is 0. The Morgan fingerprint density at radius 3 is 2.62 bits per heavy atom. The third-order valence-electron chi connectivity index (χ3n) is 11.8. The van der Waals surface area contributed by atoms with E-state index in [1.165, 1.54) is 51.4 Å². The van der Waals surface area contributed by atoms with Gasteiger partial charge < -0.3 is 0 Å². The largest absolute Gasteiger partial charge is 0.0845 e. The molecule has 4 fully saturated rings. The Bertz CT molecular complexity index is 630. The van der Waals surface area contributed by atoms with E-state index in [2.05, 4.69) is 33.8 Å². The van der Waals surface area contributed by atoms with Crippen LogP contribution in [0.5, 0.6) is 0 Å². The molecule has 0 aromatic carbocycles. The van der Waals surface area contributed by atoms with Crippen LogP contribution in [0.4, 0.5) is 0 Å². The molecule has 5 aliphatic carbocycles. The highest BCUT2D eigenvalue weighted by atomic mass is 14.7. The molecule has 1 spiro atoms. The van der Waals surface area contributed by atoms with Crippen LogP contribution in [0.1, 0.15) is 118 Å². The Morgan fingerprint density at radius 2 is 1.83 bits per heavy atom. The van der Waals surface area contributed by atoms with Gasteiger partial charge >= 0.3 is 0 Å². The van der Waals surface area contributed by atoms with Gasteiger partial charge in [-0.25, -0.2) is 0 Å². The molecule has 164 valence electrons. The van der Waals surface area contributed by atoms with E-state index in [4.69, 9.17) is 0 Å². The van der Waals surface area contributed by atoms with Crippen LogP contribution in [-0.2, 0) is 0 Å². The summed E-state index contributed by atoms with van der Waals surface area (Å²) in [6.07, 6.45) is 24.0. The molecule has 0 aromatic rings. The fourth-order valence-electron chi connectivity index (χ4n) is 9.90. The van der Waals surface area contributed by atoms with E-state index in [9.17, 15) is 0 Å². The number of hydrogen-bond donors (Lipinski definition) is 0. The van der Waals surface area contributed by atoms with Gasteiger partial charge in [-0.1, -0.05) is 71.4 Å². The predicted octanol–water partition coefficient (Wildman–Crippen LogP) is 8.81. The monoisotopic (exact) mass is 396 g/mol. The van der Waals surface area contributed by atoms with Crippen molar-refractivity contribution in [1.29, 1.82) is 0 Å². The summed E-state index contributed by atoms with van der Waals surface area (Å²) < 4.78 is 0. The van der Waals surface area contributed by atoms with Gasteiger partial charge in [0.25, 0.3) is 0 Å². The first-order chi connectivity index (χ1) is 14.0. The molecule has 0 heteroatoms. The van der Waals surface area contributed by atoms with Gasteiger partial charge in [-0.3, -0.25) is 0 Å². The molecule has 3 unspecified atom stereocenters. The average Bonchev–Trinajstić information content (AvgIpc) is 3.02. The summed E-state index contributed by atoms with van der Waals surface area (Å²) in [5.74, 6) is 7.29. The molecule has 29 heavy (non-hydrogen) atoms. The SMILES string of the molecule is CCCCC[C@H]1C[C@]23CC[C@H]4C(CC=C5CC(C(C)CC)CC[C@@]54C)[C@@H]2CC[C@H]13. The van der Waals surface area contributed by atoms with Gasteiger partial charge in [0, 0.05) is 0 Å². The second-order valence-electron chi connectivity index (χ2n) is 12.6. The second kappa shape index (κ2) is 7.70. The normalized spacial score (nSPS) is 49.2. The Labute approximate surface area is 181 Å². The number of hydrogen-bond acceptors (Lipinski definition) is 0. The van der Waals surface area contributed by atoms with Gasteiger partial charge in [0.05, 0.1) is 0 Å². The van der Waals surface area contributed by atoms with E-state index in [0.29, 0.717) is 5.41 Å². The van der Waals surface area contributed by atoms with Crippen LogP contribution in [-0.4, -0.2) is 0 Å². The van der Waals surface area contributed by atoms with Gasteiger partial charge in [-0.15, -0.1) is 0 Å². The molecule has 0 radical (unpaired) electrons. The van der Waals surface area contributed by atoms with Crippen LogP contribution in [0.25, 0.3) is 0 Å². The summed E-state index contributed by atoms with van der Waals surface area (Å²) in [6.45, 7) is 9.98. The van der Waals surface area contributed by atoms with Crippen molar-refractivity contribution < 1.29 is 0 Å². The fourth-order valence-corrected chi connectivity index (χ4v) is 9.90. The highest BCUT2D eigenvalue weighted by Crippen LogP contribution is 2.74. The van der Waals surface area contributed by atoms with Crippen molar-refractivity contribution in [3.63, 3.8) is 0 Å². The van der Waals surface area contributed by atoms with Crippen LogP contribution in [0.15, 0.2) is 11.6 Å². The van der Waals surface area contributed by atoms with Crippen molar-refractivity contribution in [2.75, 3.05) is 0 Å². The lowest BCUT2D eigenvalue weighted by molar-refractivity contribution is -0.131. The maximum absolute atomic E-state index is 2.81. The van der Waals surface area contributed by atoms with Gasteiger partial charge in [0.2, 0.25) is 0 Å². The number of rotatable bonds is 6. The zero-order valence-corrected chi connectivity index (χ0v) is 20.0. The lowest BCUT2D eigenvalue weighted by Crippen LogP contribution is -2.56. The minimum atomic E-state index is 0.566. The molecule has 0 heterocycles. The first kappa shape index (κ1) is 20.6. The zero-order valence-electron chi connectivity index (χ0n) is 20.0. The highest BCUT2D eigenvalue weighted by Gasteiger charge is 2.65. The maximum atomic E-state index is 2.81. The van der Waals surface area contributed by atoms with Gasteiger partial charge in [0.15, 0.2) is 0 Å². The average molecular weight is 397 g/mol. The minimum Gasteiger partial charge on any atom is -0.0845 e. The standard InChI is InChI=1S/C29H48/c1-5-7-8-9-22-19-29-17-15-26-24(27(29)13-12-25(22)29)11-10-23-18-21(20(3)6-2)14-16-28(23,26)4/h10,20-22,24-27H,5-9,11-19H2,1-4H3/t20?,21?,22-,24?,25+,26-,27-,28-,29-/m0/s1. The van der Waals surface area contributed by atoms with Crippen LogP contribution in [0.3, 0.4) is 0 Å². The molecule has 9 atom stereocenters. The van der Waals surface area contributed by atoms with Crippen LogP contribution >= 0.6 is 0 Å². The highest BCUT2D eigenvalue weighted by molar-refractivity contribution is 5.26. The zero-order chi connectivity index (χ0) is 20.2. The summed E-state index contributed by atoms with van der Waals surface area (Å²) in [7, 11) is 0. The van der Waals surface area contributed by atoms with Gasteiger partial charge in [-0.2, -0.15) is 0 Å². The van der Waals surface area contributed by atoms with E-state index >= 15 is 0 Å². The first-order valence-electron chi connectivity index (χ1n) is 13.7. The van der Waals surface area contributed by atoms with Gasteiger partial charge in [0.1, 0.15) is 0 Å². The molecular formula is C29H48. The number of allylic oxidation sites excluding steroid dienone is 2. The van der Waals surface area contributed by atoms with E-state index in [-0.39, 0.29) is 0 Å².